The first-order valence-corrected chi connectivity index (χ1v) is 10.2. The molecule has 2 aliphatic rings. The average molecular weight is 447 g/mol. The second kappa shape index (κ2) is 9.65. The summed E-state index contributed by atoms with van der Waals surface area (Å²) in [5.74, 6) is 6.34. The molecule has 1 aromatic carbocycles. The van der Waals surface area contributed by atoms with E-state index in [9.17, 15) is 18.3 Å². The third-order valence-electron chi connectivity index (χ3n) is 5.74. The van der Waals surface area contributed by atoms with Gasteiger partial charge in [-0.1, -0.05) is 17.7 Å². The second-order valence-electron chi connectivity index (χ2n) is 7.49. The minimum absolute atomic E-state index is 0.0695. The Hall–Kier alpha value is -1.65. The number of hydrazine groups is 1. The molecule has 0 aromatic heterocycles. The van der Waals surface area contributed by atoms with Crippen molar-refractivity contribution in [3.05, 3.63) is 40.0 Å². The molecule has 3 N–H and O–H groups in total. The van der Waals surface area contributed by atoms with Gasteiger partial charge in [-0.3, -0.25) is 9.89 Å². The van der Waals surface area contributed by atoms with Gasteiger partial charge in [0.25, 0.3) is 0 Å². The maximum Gasteiger partial charge on any atom is 0.416 e. The predicted octanol–water partition coefficient (Wildman–Crippen LogP) is 3.15. The fourth-order valence-electron chi connectivity index (χ4n) is 4.09. The van der Waals surface area contributed by atoms with Gasteiger partial charge in [0.15, 0.2) is 0 Å². The quantitative estimate of drug-likeness (QED) is 0.399. The van der Waals surface area contributed by atoms with Crippen LogP contribution in [0.4, 0.5) is 13.2 Å². The van der Waals surface area contributed by atoms with E-state index in [0.717, 1.165) is 57.7 Å². The van der Waals surface area contributed by atoms with Crippen molar-refractivity contribution in [2.45, 2.75) is 37.5 Å². The summed E-state index contributed by atoms with van der Waals surface area (Å²) in [5.41, 5.74) is -0.190. The van der Waals surface area contributed by atoms with Crippen LogP contribution in [-0.2, 0) is 10.9 Å². The number of benzene rings is 1. The number of hydrogen-bond acceptors (Lipinski definition) is 6. The molecule has 2 heterocycles. The summed E-state index contributed by atoms with van der Waals surface area (Å²) in [7, 11) is 0. The summed E-state index contributed by atoms with van der Waals surface area (Å²) in [6, 6.07) is 3.35. The van der Waals surface area contributed by atoms with Gasteiger partial charge in [0.2, 0.25) is 0 Å². The van der Waals surface area contributed by atoms with E-state index in [1.807, 2.05) is 0 Å². The van der Waals surface area contributed by atoms with Gasteiger partial charge in [0.05, 0.1) is 34.6 Å². The number of halogens is 4. The maximum atomic E-state index is 12.9. The van der Waals surface area contributed by atoms with Gasteiger partial charge in [-0.15, -0.1) is 0 Å². The van der Waals surface area contributed by atoms with Crippen LogP contribution >= 0.6 is 11.6 Å². The Morgan fingerprint density at radius 1 is 1.33 bits per heavy atom. The molecule has 0 bridgehead atoms. The summed E-state index contributed by atoms with van der Waals surface area (Å²) < 4.78 is 44.2. The summed E-state index contributed by atoms with van der Waals surface area (Å²) in [6.07, 6.45) is -1.77. The van der Waals surface area contributed by atoms with Crippen molar-refractivity contribution in [1.82, 2.24) is 9.91 Å². The monoisotopic (exact) mass is 446 g/mol. The number of aliphatic imine (C=N–C) groups is 1. The lowest BCUT2D eigenvalue weighted by Gasteiger charge is -2.33. The molecule has 3 rings (SSSR count). The van der Waals surface area contributed by atoms with E-state index in [2.05, 4.69) is 16.6 Å². The highest BCUT2D eigenvalue weighted by molar-refractivity contribution is 6.32. The zero-order valence-electron chi connectivity index (χ0n) is 16.5. The third-order valence-corrected chi connectivity index (χ3v) is 6.05. The Bertz CT molecular complexity index is 797. The van der Waals surface area contributed by atoms with Crippen LogP contribution in [0.1, 0.15) is 30.4 Å². The molecule has 2 fully saturated rings. The minimum Gasteiger partial charge on any atom is -0.390 e. The highest BCUT2D eigenvalue weighted by Gasteiger charge is 2.34. The fraction of sp³-hybridized carbons (Fsp3) is 0.550. The van der Waals surface area contributed by atoms with Gasteiger partial charge in [-0.25, -0.2) is 5.84 Å². The van der Waals surface area contributed by atoms with Crippen molar-refractivity contribution >= 4 is 24.0 Å². The fourth-order valence-corrected chi connectivity index (χ4v) is 4.36. The molecule has 2 saturated heterocycles. The zero-order valence-corrected chi connectivity index (χ0v) is 17.3. The van der Waals surface area contributed by atoms with Crippen LogP contribution in [0.3, 0.4) is 0 Å². The third kappa shape index (κ3) is 4.97. The van der Waals surface area contributed by atoms with Gasteiger partial charge in [0, 0.05) is 37.9 Å². The zero-order chi connectivity index (χ0) is 21.9. The molecule has 0 radical (unpaired) electrons. The maximum absolute atomic E-state index is 12.9. The van der Waals surface area contributed by atoms with E-state index in [4.69, 9.17) is 22.2 Å². The molecule has 166 valence electrons. The molecule has 2 aliphatic heterocycles. The SMILES string of the molecule is C=N/C(=C(/CO)N(N)C1CCN(C2CCOCC2)C1)c1ccc(C(F)(F)F)cc1Cl. The van der Waals surface area contributed by atoms with Crippen LogP contribution in [0.2, 0.25) is 5.02 Å². The Labute approximate surface area is 178 Å². The van der Waals surface area contributed by atoms with E-state index in [1.54, 1.807) is 0 Å². The number of nitrogens with two attached hydrogens (primary N) is 1. The number of aliphatic hydroxyl groups excluding tert-OH is 1. The van der Waals surface area contributed by atoms with E-state index in [-0.39, 0.29) is 28.0 Å². The lowest BCUT2D eigenvalue weighted by atomic mass is 10.1. The van der Waals surface area contributed by atoms with Crippen LogP contribution in [0, 0.1) is 0 Å². The number of rotatable bonds is 6. The summed E-state index contributed by atoms with van der Waals surface area (Å²) >= 11 is 6.12. The molecule has 0 aliphatic carbocycles. The number of ether oxygens (including phenoxy) is 1. The number of hydrogen-bond donors (Lipinski definition) is 2. The van der Waals surface area contributed by atoms with Gasteiger partial charge < -0.3 is 14.9 Å². The van der Waals surface area contributed by atoms with Crippen molar-refractivity contribution in [2.75, 3.05) is 32.9 Å². The van der Waals surface area contributed by atoms with Gasteiger partial charge in [0.1, 0.15) is 0 Å². The van der Waals surface area contributed by atoms with Crippen LogP contribution < -0.4 is 5.84 Å². The van der Waals surface area contributed by atoms with Crippen molar-refractivity contribution in [1.29, 1.82) is 0 Å². The van der Waals surface area contributed by atoms with Crippen molar-refractivity contribution in [3.63, 3.8) is 0 Å². The molecule has 0 saturated carbocycles. The average Bonchev–Trinajstić information content (AvgIpc) is 3.22. The van der Waals surface area contributed by atoms with Crippen LogP contribution in [0.15, 0.2) is 28.9 Å². The van der Waals surface area contributed by atoms with E-state index in [1.165, 1.54) is 11.1 Å². The molecule has 30 heavy (non-hydrogen) atoms. The number of aliphatic hydroxyl groups is 1. The van der Waals surface area contributed by atoms with Crippen molar-refractivity contribution < 1.29 is 23.0 Å². The molecule has 1 unspecified atom stereocenters. The van der Waals surface area contributed by atoms with Gasteiger partial charge >= 0.3 is 6.18 Å². The molecule has 1 aromatic rings. The van der Waals surface area contributed by atoms with E-state index >= 15 is 0 Å². The second-order valence-corrected chi connectivity index (χ2v) is 7.90. The summed E-state index contributed by atoms with van der Waals surface area (Å²) in [4.78, 5) is 6.30. The first-order valence-electron chi connectivity index (χ1n) is 9.79. The summed E-state index contributed by atoms with van der Waals surface area (Å²) in [6.45, 7) is 6.15. The van der Waals surface area contributed by atoms with E-state index in [0.29, 0.717) is 6.04 Å². The molecule has 0 spiro atoms. The van der Waals surface area contributed by atoms with Crippen molar-refractivity contribution in [2.24, 2.45) is 10.8 Å². The molecule has 0 amide bonds. The predicted molar refractivity (Wildman–Crippen MR) is 110 cm³/mol. The van der Waals surface area contributed by atoms with Crippen molar-refractivity contribution in [3.8, 4) is 0 Å². The number of likely N-dealkylation sites (tertiary alicyclic amines) is 1. The highest BCUT2D eigenvalue weighted by atomic mass is 35.5. The van der Waals surface area contributed by atoms with Gasteiger partial charge in [-0.2, -0.15) is 13.2 Å². The molecule has 1 atom stereocenters. The Kier molecular flexibility index (Phi) is 7.41. The lowest BCUT2D eigenvalue weighted by molar-refractivity contribution is -0.137. The first-order chi connectivity index (χ1) is 14.3. The molecular weight excluding hydrogens is 421 g/mol. The van der Waals surface area contributed by atoms with Crippen LogP contribution in [0.25, 0.3) is 5.70 Å². The Morgan fingerprint density at radius 2 is 2.03 bits per heavy atom. The summed E-state index contributed by atoms with van der Waals surface area (Å²) in [5, 5.41) is 11.3. The topological polar surface area (TPSA) is 74.3 Å². The molecular formula is C20H26ClF3N4O2. The Balaban J connectivity index is 1.83. The molecule has 10 heteroatoms. The van der Waals surface area contributed by atoms with Crippen LogP contribution in [0.5, 0.6) is 0 Å². The van der Waals surface area contributed by atoms with Crippen LogP contribution in [-0.4, -0.2) is 66.7 Å². The van der Waals surface area contributed by atoms with Gasteiger partial charge in [-0.05, 0) is 38.1 Å². The first kappa shape index (κ1) is 23.0. The Morgan fingerprint density at radius 3 is 2.60 bits per heavy atom. The number of alkyl halides is 3. The number of nitrogens with zero attached hydrogens (tertiary/aromatic N) is 3. The minimum atomic E-state index is -4.51. The van der Waals surface area contributed by atoms with E-state index < -0.39 is 18.3 Å². The normalized spacial score (nSPS) is 22.1. The lowest BCUT2D eigenvalue weighted by Crippen LogP contribution is -2.45. The standard InChI is InChI=1S/C20H26ClF3N4O2/c1-26-19(16-3-2-13(10-17(16)21)20(22,23)24)18(12-29)28(25)15-4-7-27(11-15)14-5-8-30-9-6-14/h2-3,10,14-15,29H,1,4-9,11-12,25H2/b19-18-. The largest absolute Gasteiger partial charge is 0.416 e. The molecule has 6 nitrogen and oxygen atoms in total. The highest BCUT2D eigenvalue weighted by Crippen LogP contribution is 2.36. The smallest absolute Gasteiger partial charge is 0.390 e.